The highest BCUT2D eigenvalue weighted by Gasteiger charge is 2.47. The average Bonchev–Trinajstić information content (AvgIpc) is 2.42. The van der Waals surface area contributed by atoms with Gasteiger partial charge in [-0.1, -0.05) is 0 Å². The van der Waals surface area contributed by atoms with E-state index in [0.29, 0.717) is 0 Å². The van der Waals surface area contributed by atoms with Crippen LogP contribution in [0.4, 0.5) is 0 Å². The Balaban J connectivity index is 2.76. The lowest BCUT2D eigenvalue weighted by Crippen LogP contribution is -2.36. The van der Waals surface area contributed by atoms with Gasteiger partial charge in [0.1, 0.15) is 18.3 Å². The van der Waals surface area contributed by atoms with Crippen LogP contribution in [0.5, 0.6) is 0 Å². The molecule has 1 rings (SSSR count). The van der Waals surface area contributed by atoms with Crippen molar-refractivity contribution in [3.05, 3.63) is 0 Å². The normalized spacial score (nSPS) is 36.8. The van der Waals surface area contributed by atoms with Crippen molar-refractivity contribution in [1.82, 2.24) is 0 Å². The Bertz CT molecular complexity index is 274. The monoisotopic (exact) mass is 241 g/mol. The maximum atomic E-state index is 10.5. The first-order chi connectivity index (χ1) is 6.89. The molecule has 0 saturated carbocycles. The summed E-state index contributed by atoms with van der Waals surface area (Å²) in [5, 5.41) is 18.1. The number of phosphoric ester groups is 1. The molecule has 0 aliphatic carbocycles. The van der Waals surface area contributed by atoms with Crippen LogP contribution in [0.15, 0.2) is 0 Å². The van der Waals surface area contributed by atoms with Crippen LogP contribution in [0.25, 0.3) is 0 Å². The summed E-state index contributed by atoms with van der Waals surface area (Å²) in [7, 11) is -4.84. The Morgan fingerprint density at radius 3 is 2.47 bits per heavy atom. The van der Waals surface area contributed by atoms with Crippen LogP contribution in [-0.2, 0) is 18.6 Å². The molecule has 1 aliphatic heterocycles. The average molecular weight is 241 g/mol. The van der Waals surface area contributed by atoms with Crippen molar-refractivity contribution in [2.24, 2.45) is 0 Å². The van der Waals surface area contributed by atoms with E-state index in [1.165, 1.54) is 6.29 Å². The van der Waals surface area contributed by atoms with Crippen molar-refractivity contribution in [2.45, 2.75) is 24.4 Å². The number of hydrogen-bond acceptors (Lipinski definition) is 6. The number of ether oxygens (including phenoxy) is 1. The smallest absolute Gasteiger partial charge is 0.394 e. The summed E-state index contributed by atoms with van der Waals surface area (Å²) in [6.07, 6.45) is -4.24. The second-order valence-corrected chi connectivity index (χ2v) is 4.14. The standard InChI is InChI=1S/C6H10O8P/c7-1-3-5(9)6(4(2-8)13-3)14-15(10,11)12/h3-7,9H,1H2,(H2,10,11,12)/t3-,4?,5-,6+/m1/s1. The maximum absolute atomic E-state index is 10.5. The molecule has 4 atom stereocenters. The minimum atomic E-state index is -4.84. The molecule has 1 radical (unpaired) electrons. The number of aliphatic hydroxyl groups excluding tert-OH is 2. The van der Waals surface area contributed by atoms with Crippen LogP contribution in [0.3, 0.4) is 0 Å². The van der Waals surface area contributed by atoms with Crippen molar-refractivity contribution >= 4 is 14.1 Å². The number of aliphatic hydroxyl groups is 2. The third-order valence-corrected chi connectivity index (χ3v) is 2.41. The molecular weight excluding hydrogens is 231 g/mol. The van der Waals surface area contributed by atoms with Crippen molar-refractivity contribution < 1.29 is 38.6 Å². The lowest BCUT2D eigenvalue weighted by molar-refractivity contribution is -0.0102. The molecule has 1 unspecified atom stereocenters. The van der Waals surface area contributed by atoms with Crippen LogP contribution in [0.1, 0.15) is 0 Å². The number of hydrogen-bond donors (Lipinski definition) is 4. The van der Waals surface area contributed by atoms with Gasteiger partial charge in [0.15, 0.2) is 6.10 Å². The Labute approximate surface area is 84.7 Å². The fourth-order valence-corrected chi connectivity index (χ4v) is 1.81. The van der Waals surface area contributed by atoms with E-state index >= 15 is 0 Å². The predicted octanol–water partition coefficient (Wildman–Crippen LogP) is -2.31. The molecule has 1 saturated heterocycles. The van der Waals surface area contributed by atoms with E-state index in [2.05, 4.69) is 4.52 Å². The molecule has 1 fully saturated rings. The van der Waals surface area contributed by atoms with Crippen molar-refractivity contribution in [2.75, 3.05) is 6.61 Å². The van der Waals surface area contributed by atoms with Gasteiger partial charge < -0.3 is 24.7 Å². The third-order valence-electron chi connectivity index (χ3n) is 1.89. The molecule has 87 valence electrons. The minimum absolute atomic E-state index is 0.597. The quantitative estimate of drug-likeness (QED) is 0.403. The van der Waals surface area contributed by atoms with E-state index in [1.807, 2.05) is 0 Å². The van der Waals surface area contributed by atoms with Crippen LogP contribution in [-0.4, -0.2) is 57.3 Å². The van der Waals surface area contributed by atoms with E-state index in [9.17, 15) is 14.5 Å². The van der Waals surface area contributed by atoms with Gasteiger partial charge in [-0.2, -0.15) is 0 Å². The van der Waals surface area contributed by atoms with E-state index < -0.39 is 38.8 Å². The summed E-state index contributed by atoms with van der Waals surface area (Å²) < 4.78 is 19.4. The predicted molar refractivity (Wildman–Crippen MR) is 44.4 cm³/mol. The molecule has 0 aromatic heterocycles. The largest absolute Gasteiger partial charge is 0.470 e. The van der Waals surface area contributed by atoms with Gasteiger partial charge in [-0.05, 0) is 0 Å². The maximum Gasteiger partial charge on any atom is 0.470 e. The fraction of sp³-hybridized carbons (Fsp3) is 0.833. The molecule has 0 bridgehead atoms. The second-order valence-electron chi connectivity index (χ2n) is 2.95. The summed E-state index contributed by atoms with van der Waals surface area (Å²) in [6, 6.07) is 0. The highest BCUT2D eigenvalue weighted by Crippen LogP contribution is 2.41. The van der Waals surface area contributed by atoms with Gasteiger partial charge in [0, 0.05) is 0 Å². The molecule has 0 spiro atoms. The molecule has 9 heteroatoms. The summed E-state index contributed by atoms with van der Waals surface area (Å²) in [5.74, 6) is 0. The van der Waals surface area contributed by atoms with Crippen LogP contribution < -0.4 is 0 Å². The van der Waals surface area contributed by atoms with E-state index in [0.717, 1.165) is 0 Å². The van der Waals surface area contributed by atoms with Gasteiger partial charge in [-0.15, -0.1) is 0 Å². The number of carbonyl (C=O) groups excluding carboxylic acids is 1. The second kappa shape index (κ2) is 4.67. The molecular formula is C6H10O8P. The van der Waals surface area contributed by atoms with Crippen molar-refractivity contribution in [3.8, 4) is 0 Å². The molecule has 1 heterocycles. The van der Waals surface area contributed by atoms with Gasteiger partial charge in [-0.25, -0.2) is 4.57 Å². The first-order valence-electron chi connectivity index (χ1n) is 3.95. The molecule has 4 N–H and O–H groups in total. The zero-order chi connectivity index (χ0) is 11.6. The molecule has 1 aliphatic rings. The van der Waals surface area contributed by atoms with Gasteiger partial charge in [0.25, 0.3) is 0 Å². The Kier molecular flexibility index (Phi) is 3.96. The molecule has 15 heavy (non-hydrogen) atoms. The van der Waals surface area contributed by atoms with Gasteiger partial charge >= 0.3 is 7.82 Å². The highest BCUT2D eigenvalue weighted by molar-refractivity contribution is 7.46. The Morgan fingerprint density at radius 2 is 2.07 bits per heavy atom. The summed E-state index contributed by atoms with van der Waals surface area (Å²) in [6.45, 7) is -0.597. The molecule has 0 aromatic carbocycles. The van der Waals surface area contributed by atoms with Crippen LogP contribution in [0, 0.1) is 0 Å². The zero-order valence-electron chi connectivity index (χ0n) is 7.39. The molecule has 0 amide bonds. The summed E-state index contributed by atoms with van der Waals surface area (Å²) in [5.41, 5.74) is 0. The minimum Gasteiger partial charge on any atom is -0.394 e. The highest BCUT2D eigenvalue weighted by atomic mass is 31.2. The fourth-order valence-electron chi connectivity index (χ4n) is 1.26. The first kappa shape index (κ1) is 12.7. The number of phosphoric acid groups is 1. The van der Waals surface area contributed by atoms with E-state index in [4.69, 9.17) is 19.6 Å². The van der Waals surface area contributed by atoms with Gasteiger partial charge in [0.05, 0.1) is 6.61 Å². The third kappa shape index (κ3) is 3.05. The Morgan fingerprint density at radius 1 is 1.47 bits per heavy atom. The topological polar surface area (TPSA) is 134 Å². The van der Waals surface area contributed by atoms with E-state index in [1.54, 1.807) is 0 Å². The lowest BCUT2D eigenvalue weighted by Gasteiger charge is -2.17. The van der Waals surface area contributed by atoms with Crippen LogP contribution in [0.2, 0.25) is 0 Å². The number of rotatable bonds is 4. The van der Waals surface area contributed by atoms with Crippen LogP contribution >= 0.6 is 7.82 Å². The summed E-state index contributed by atoms with van der Waals surface area (Å²) in [4.78, 5) is 27.3. The zero-order valence-corrected chi connectivity index (χ0v) is 8.28. The van der Waals surface area contributed by atoms with Crippen molar-refractivity contribution in [3.63, 3.8) is 0 Å². The SMILES string of the molecule is O=[C]C1O[C@H](CO)[C@@H](O)[C@H]1OP(=O)(O)O. The van der Waals surface area contributed by atoms with Crippen molar-refractivity contribution in [1.29, 1.82) is 0 Å². The lowest BCUT2D eigenvalue weighted by atomic mass is 10.1. The first-order valence-corrected chi connectivity index (χ1v) is 5.48. The Hall–Kier alpha value is -0.340. The van der Waals surface area contributed by atoms with E-state index in [-0.39, 0.29) is 0 Å². The summed E-state index contributed by atoms with van der Waals surface area (Å²) >= 11 is 0. The van der Waals surface area contributed by atoms with Gasteiger partial charge in [0.2, 0.25) is 6.29 Å². The van der Waals surface area contributed by atoms with Gasteiger partial charge in [-0.3, -0.25) is 9.32 Å². The molecule has 8 nitrogen and oxygen atoms in total. The molecule has 0 aromatic rings.